The third-order valence-electron chi connectivity index (χ3n) is 4.24. The fourth-order valence-electron chi connectivity index (χ4n) is 2.78. The Bertz CT molecular complexity index is 1190. The molecule has 0 aliphatic heterocycles. The van der Waals surface area contributed by atoms with Crippen LogP contribution in [0, 0.1) is 5.82 Å². The fourth-order valence-corrected chi connectivity index (χ4v) is 3.00. The van der Waals surface area contributed by atoms with Crippen molar-refractivity contribution < 1.29 is 13.9 Å². The van der Waals surface area contributed by atoms with Gasteiger partial charge in [0.15, 0.2) is 0 Å². The van der Waals surface area contributed by atoms with Gasteiger partial charge in [0.05, 0.1) is 22.5 Å². The minimum atomic E-state index is -0.409. The molecule has 0 radical (unpaired) electrons. The number of ether oxygens (including phenoxy) is 1. The summed E-state index contributed by atoms with van der Waals surface area (Å²) in [5, 5.41) is 7.55. The largest absolute Gasteiger partial charge is 0.439 e. The lowest BCUT2D eigenvalue weighted by Crippen LogP contribution is -2.22. The quantitative estimate of drug-likeness (QED) is 0.485. The summed E-state index contributed by atoms with van der Waals surface area (Å²) in [5.74, 6) is -0.111. The summed E-state index contributed by atoms with van der Waals surface area (Å²) >= 11 is 6.18. The maximum atomic E-state index is 13.4. The second-order valence-electron chi connectivity index (χ2n) is 6.33. The number of pyridine rings is 1. The molecule has 0 bridgehead atoms. The zero-order chi connectivity index (χ0) is 20.9. The lowest BCUT2D eigenvalue weighted by molar-refractivity contribution is 0.0950. The van der Waals surface area contributed by atoms with E-state index in [9.17, 15) is 9.18 Å². The summed E-state index contributed by atoms with van der Waals surface area (Å²) in [6.45, 7) is 0.175. The molecule has 2 aromatic heterocycles. The van der Waals surface area contributed by atoms with E-state index in [-0.39, 0.29) is 18.3 Å². The number of carbonyl (C=O) groups is 1. The van der Waals surface area contributed by atoms with Gasteiger partial charge < -0.3 is 10.1 Å². The van der Waals surface area contributed by atoms with Gasteiger partial charge in [-0.15, -0.1) is 0 Å². The van der Waals surface area contributed by atoms with Crippen molar-refractivity contribution in [3.8, 4) is 17.3 Å². The standard InChI is InChI=1S/C22H16ClFN4O2/c23-19-8-1-2-9-20(19)28-14-16(13-27-28)21(29)26-12-15-5-4-10-25-22(15)30-18-7-3-6-17(24)11-18/h1-11,13-14H,12H2,(H,26,29). The predicted molar refractivity (Wildman–Crippen MR) is 110 cm³/mol. The van der Waals surface area contributed by atoms with Gasteiger partial charge in [0.1, 0.15) is 11.6 Å². The number of amides is 1. The van der Waals surface area contributed by atoms with Crippen LogP contribution in [0.15, 0.2) is 79.3 Å². The van der Waals surface area contributed by atoms with Gasteiger partial charge in [-0.25, -0.2) is 14.1 Å². The number of hydrogen-bond acceptors (Lipinski definition) is 4. The average molecular weight is 423 g/mol. The van der Waals surface area contributed by atoms with E-state index in [0.29, 0.717) is 27.6 Å². The van der Waals surface area contributed by atoms with Crippen LogP contribution in [0.25, 0.3) is 5.69 Å². The third-order valence-corrected chi connectivity index (χ3v) is 4.56. The van der Waals surface area contributed by atoms with Crippen molar-refractivity contribution in [2.45, 2.75) is 6.54 Å². The molecule has 2 heterocycles. The number of nitrogens with zero attached hydrogens (tertiary/aromatic N) is 3. The fraction of sp³-hybridized carbons (Fsp3) is 0.0455. The molecule has 0 spiro atoms. The van der Waals surface area contributed by atoms with E-state index in [1.807, 2.05) is 18.2 Å². The SMILES string of the molecule is O=C(NCc1cccnc1Oc1cccc(F)c1)c1cnn(-c2ccccc2Cl)c1. The molecule has 0 fully saturated rings. The molecule has 0 unspecified atom stereocenters. The molecule has 2 aromatic carbocycles. The number of aromatic nitrogens is 3. The molecule has 1 N–H and O–H groups in total. The first-order valence-electron chi connectivity index (χ1n) is 9.05. The monoisotopic (exact) mass is 422 g/mol. The van der Waals surface area contributed by atoms with Crippen molar-refractivity contribution in [2.75, 3.05) is 0 Å². The van der Waals surface area contributed by atoms with Crippen LogP contribution in [0.2, 0.25) is 5.02 Å². The molecule has 0 saturated carbocycles. The molecular formula is C22H16ClFN4O2. The Morgan fingerprint density at radius 2 is 2.00 bits per heavy atom. The van der Waals surface area contributed by atoms with Crippen molar-refractivity contribution in [1.82, 2.24) is 20.1 Å². The normalized spacial score (nSPS) is 10.6. The van der Waals surface area contributed by atoms with E-state index < -0.39 is 5.82 Å². The maximum absolute atomic E-state index is 13.4. The molecule has 0 aliphatic rings. The van der Waals surface area contributed by atoms with E-state index in [1.54, 1.807) is 47.4 Å². The molecular weight excluding hydrogens is 407 g/mol. The highest BCUT2D eigenvalue weighted by atomic mass is 35.5. The second-order valence-corrected chi connectivity index (χ2v) is 6.74. The topological polar surface area (TPSA) is 69.0 Å². The summed E-state index contributed by atoms with van der Waals surface area (Å²) < 4.78 is 20.6. The Labute approximate surface area is 176 Å². The van der Waals surface area contributed by atoms with Gasteiger partial charge >= 0.3 is 0 Å². The molecule has 0 atom stereocenters. The zero-order valence-electron chi connectivity index (χ0n) is 15.6. The van der Waals surface area contributed by atoms with Crippen LogP contribution in [0.5, 0.6) is 11.6 Å². The molecule has 8 heteroatoms. The number of halogens is 2. The highest BCUT2D eigenvalue weighted by Crippen LogP contribution is 2.23. The first-order chi connectivity index (χ1) is 14.6. The van der Waals surface area contributed by atoms with Gasteiger partial charge in [-0.3, -0.25) is 4.79 Å². The van der Waals surface area contributed by atoms with Gasteiger partial charge in [-0.05, 0) is 30.3 Å². The summed E-state index contributed by atoms with van der Waals surface area (Å²) in [6, 6.07) is 16.5. The number of nitrogens with one attached hydrogen (secondary N) is 1. The number of benzene rings is 2. The molecule has 4 aromatic rings. The van der Waals surface area contributed by atoms with Crippen LogP contribution < -0.4 is 10.1 Å². The molecule has 0 saturated heterocycles. The molecule has 30 heavy (non-hydrogen) atoms. The van der Waals surface area contributed by atoms with Crippen molar-refractivity contribution in [3.63, 3.8) is 0 Å². The summed E-state index contributed by atoms with van der Waals surface area (Å²) in [7, 11) is 0. The lowest BCUT2D eigenvalue weighted by atomic mass is 10.2. The first kappa shape index (κ1) is 19.6. The third kappa shape index (κ3) is 4.47. The average Bonchev–Trinajstić information content (AvgIpc) is 3.23. The lowest BCUT2D eigenvalue weighted by Gasteiger charge is -2.10. The van der Waals surface area contributed by atoms with E-state index >= 15 is 0 Å². The zero-order valence-corrected chi connectivity index (χ0v) is 16.4. The highest BCUT2D eigenvalue weighted by Gasteiger charge is 2.13. The predicted octanol–water partition coefficient (Wildman–Crippen LogP) is 4.78. The maximum Gasteiger partial charge on any atom is 0.254 e. The van der Waals surface area contributed by atoms with Gasteiger partial charge in [0, 0.05) is 30.6 Å². The summed E-state index contributed by atoms with van der Waals surface area (Å²) in [6.07, 6.45) is 4.63. The number of rotatable bonds is 6. The molecule has 6 nitrogen and oxygen atoms in total. The van der Waals surface area contributed by atoms with Crippen LogP contribution in [-0.2, 0) is 6.54 Å². The number of carbonyl (C=O) groups excluding carboxylic acids is 1. The van der Waals surface area contributed by atoms with Crippen LogP contribution in [0.4, 0.5) is 4.39 Å². The Morgan fingerprint density at radius 1 is 1.13 bits per heavy atom. The Hall–Kier alpha value is -3.71. The molecule has 0 aliphatic carbocycles. The van der Waals surface area contributed by atoms with Crippen molar-refractivity contribution in [3.05, 3.63) is 101 Å². The van der Waals surface area contributed by atoms with Gasteiger partial charge in [-0.1, -0.05) is 35.9 Å². The van der Waals surface area contributed by atoms with E-state index in [2.05, 4.69) is 15.4 Å². The van der Waals surface area contributed by atoms with Gasteiger partial charge in [0.25, 0.3) is 5.91 Å². The van der Waals surface area contributed by atoms with Crippen LogP contribution >= 0.6 is 11.6 Å². The molecule has 4 rings (SSSR count). The smallest absolute Gasteiger partial charge is 0.254 e. The minimum Gasteiger partial charge on any atom is -0.439 e. The Kier molecular flexibility index (Phi) is 5.72. The van der Waals surface area contributed by atoms with Crippen molar-refractivity contribution in [2.24, 2.45) is 0 Å². The Morgan fingerprint density at radius 3 is 2.83 bits per heavy atom. The number of hydrogen-bond donors (Lipinski definition) is 1. The van der Waals surface area contributed by atoms with Gasteiger partial charge in [-0.2, -0.15) is 5.10 Å². The van der Waals surface area contributed by atoms with Gasteiger partial charge in [0.2, 0.25) is 5.88 Å². The summed E-state index contributed by atoms with van der Waals surface area (Å²) in [5.41, 5.74) is 1.70. The molecule has 150 valence electrons. The van der Waals surface area contributed by atoms with Crippen molar-refractivity contribution in [1.29, 1.82) is 0 Å². The molecule has 1 amide bonds. The highest BCUT2D eigenvalue weighted by molar-refractivity contribution is 6.32. The van der Waals surface area contributed by atoms with Crippen molar-refractivity contribution >= 4 is 17.5 Å². The summed E-state index contributed by atoms with van der Waals surface area (Å²) in [4.78, 5) is 16.7. The van der Waals surface area contributed by atoms with E-state index in [4.69, 9.17) is 16.3 Å². The van der Waals surface area contributed by atoms with E-state index in [1.165, 1.54) is 18.3 Å². The van der Waals surface area contributed by atoms with Crippen LogP contribution in [0.1, 0.15) is 15.9 Å². The second kappa shape index (κ2) is 8.75. The van der Waals surface area contributed by atoms with Crippen LogP contribution in [-0.4, -0.2) is 20.7 Å². The van der Waals surface area contributed by atoms with E-state index in [0.717, 1.165) is 0 Å². The first-order valence-corrected chi connectivity index (χ1v) is 9.43. The Balaban J connectivity index is 1.45. The van der Waals surface area contributed by atoms with Crippen LogP contribution in [0.3, 0.4) is 0 Å². The number of para-hydroxylation sites is 1. The minimum absolute atomic E-state index is 0.175.